The molecule has 4 nitrogen and oxygen atoms in total. The number of benzene rings is 1. The van der Waals surface area contributed by atoms with Gasteiger partial charge in [-0.3, -0.25) is 4.79 Å². The number of hydrogen-bond acceptors (Lipinski definition) is 4. The van der Waals surface area contributed by atoms with Crippen molar-refractivity contribution >= 4 is 11.8 Å². The molecular weight excluding hydrogens is 304 g/mol. The van der Waals surface area contributed by atoms with Gasteiger partial charge in [-0.2, -0.15) is 0 Å². The van der Waals surface area contributed by atoms with Gasteiger partial charge in [0.1, 0.15) is 11.5 Å². The predicted molar refractivity (Wildman–Crippen MR) is 90.5 cm³/mol. The van der Waals surface area contributed by atoms with E-state index < -0.39 is 5.97 Å². The Balaban J connectivity index is 1.83. The van der Waals surface area contributed by atoms with E-state index >= 15 is 0 Å². The summed E-state index contributed by atoms with van der Waals surface area (Å²) in [5.74, 6) is 0.447. The van der Waals surface area contributed by atoms with E-state index in [0.29, 0.717) is 36.0 Å². The van der Waals surface area contributed by atoms with E-state index in [9.17, 15) is 14.7 Å². The van der Waals surface area contributed by atoms with Gasteiger partial charge in [-0.1, -0.05) is 31.2 Å². The number of carboxylic acid groups (broad SMARTS) is 1. The number of rotatable bonds is 9. The van der Waals surface area contributed by atoms with Crippen molar-refractivity contribution in [3.05, 3.63) is 42.0 Å². The number of aliphatic carboxylic acids is 1. The van der Waals surface area contributed by atoms with Crippen LogP contribution in [0.1, 0.15) is 44.6 Å². The van der Waals surface area contributed by atoms with Gasteiger partial charge in [0.05, 0.1) is 6.61 Å². The summed E-state index contributed by atoms with van der Waals surface area (Å²) in [7, 11) is 0. The first-order valence-electron chi connectivity index (χ1n) is 8.69. The summed E-state index contributed by atoms with van der Waals surface area (Å²) in [6.45, 7) is 2.63. The molecule has 1 fully saturated rings. The van der Waals surface area contributed by atoms with E-state index in [0.717, 1.165) is 25.7 Å². The lowest BCUT2D eigenvalue weighted by molar-refractivity contribution is -0.304. The van der Waals surface area contributed by atoms with E-state index in [-0.39, 0.29) is 12.3 Å². The van der Waals surface area contributed by atoms with Gasteiger partial charge in [-0.05, 0) is 49.3 Å². The Morgan fingerprint density at radius 3 is 2.96 bits per heavy atom. The molecule has 0 amide bonds. The quantitative estimate of drug-likeness (QED) is 0.653. The van der Waals surface area contributed by atoms with Gasteiger partial charge in [0.25, 0.3) is 0 Å². The van der Waals surface area contributed by atoms with Crippen LogP contribution in [0.25, 0.3) is 0 Å². The van der Waals surface area contributed by atoms with Crippen LogP contribution in [-0.2, 0) is 16.0 Å². The Kier molecular flexibility index (Phi) is 7.04. The van der Waals surface area contributed by atoms with Crippen LogP contribution >= 0.6 is 0 Å². The van der Waals surface area contributed by atoms with Crippen LogP contribution in [-0.4, -0.2) is 18.4 Å². The highest BCUT2D eigenvalue weighted by Gasteiger charge is 2.33. The van der Waals surface area contributed by atoms with E-state index in [1.807, 2.05) is 6.07 Å². The van der Waals surface area contributed by atoms with Crippen LogP contribution in [0.3, 0.4) is 0 Å². The molecule has 1 aromatic rings. The van der Waals surface area contributed by atoms with Crippen LogP contribution in [0, 0.1) is 11.8 Å². The van der Waals surface area contributed by atoms with Gasteiger partial charge in [0, 0.05) is 24.7 Å². The van der Waals surface area contributed by atoms with Gasteiger partial charge in [0.15, 0.2) is 0 Å². The molecule has 0 heterocycles. The molecule has 1 aliphatic rings. The molecule has 2 atom stereocenters. The highest BCUT2D eigenvalue weighted by Crippen LogP contribution is 2.34. The van der Waals surface area contributed by atoms with Gasteiger partial charge >= 0.3 is 0 Å². The molecule has 0 aromatic heterocycles. The fourth-order valence-electron chi connectivity index (χ4n) is 3.30. The molecule has 0 spiro atoms. The van der Waals surface area contributed by atoms with Crippen LogP contribution in [0.5, 0.6) is 5.75 Å². The lowest BCUT2D eigenvalue weighted by Crippen LogP contribution is -2.24. The molecule has 1 aromatic carbocycles. The molecule has 0 bridgehead atoms. The third kappa shape index (κ3) is 5.52. The van der Waals surface area contributed by atoms with Gasteiger partial charge in [-0.25, -0.2) is 0 Å². The summed E-state index contributed by atoms with van der Waals surface area (Å²) in [5.41, 5.74) is 0.672. The number of ether oxygens (including phenoxy) is 1. The number of carbonyl (C=O) groups is 2. The molecule has 1 saturated carbocycles. The largest absolute Gasteiger partial charge is 0.550 e. The maximum absolute atomic E-state index is 12.0. The number of Topliss-reactive ketones (excluding diaryl/α,β-unsaturated/α-hetero) is 1. The lowest BCUT2D eigenvalue weighted by atomic mass is 9.90. The van der Waals surface area contributed by atoms with Crippen molar-refractivity contribution in [2.24, 2.45) is 11.8 Å². The second-order valence-electron chi connectivity index (χ2n) is 6.32. The smallest absolute Gasteiger partial charge is 0.136 e. The second-order valence-corrected chi connectivity index (χ2v) is 6.32. The minimum atomic E-state index is -1.10. The third-order valence-corrected chi connectivity index (χ3v) is 4.54. The number of hydrogen-bond donors (Lipinski definition) is 0. The van der Waals surface area contributed by atoms with Crippen LogP contribution < -0.4 is 9.84 Å². The molecule has 24 heavy (non-hydrogen) atoms. The molecular formula is C20H25O4-. The maximum Gasteiger partial charge on any atom is 0.136 e. The van der Waals surface area contributed by atoms with Crippen molar-refractivity contribution in [1.82, 2.24) is 0 Å². The average molecular weight is 329 g/mol. The lowest BCUT2D eigenvalue weighted by Gasteiger charge is -2.17. The van der Waals surface area contributed by atoms with Crippen LogP contribution in [0.2, 0.25) is 0 Å². The van der Waals surface area contributed by atoms with Gasteiger partial charge in [0.2, 0.25) is 0 Å². The number of carbonyl (C=O) groups excluding carboxylic acids is 2. The summed E-state index contributed by atoms with van der Waals surface area (Å²) in [4.78, 5) is 22.7. The average Bonchev–Trinajstić information content (AvgIpc) is 2.88. The minimum absolute atomic E-state index is 0.111. The maximum atomic E-state index is 12.0. The first-order chi connectivity index (χ1) is 11.6. The third-order valence-electron chi connectivity index (χ3n) is 4.54. The predicted octanol–water partition coefficient (Wildman–Crippen LogP) is 2.70. The molecule has 0 unspecified atom stereocenters. The SMILES string of the molecule is CC/C=C\C[C@H]1C(=O)CC[C@@H]1CCOc1cccc(CC(=O)[O-])c1. The molecule has 0 aliphatic heterocycles. The number of carboxylic acids is 1. The van der Waals surface area contributed by atoms with E-state index in [1.165, 1.54) is 0 Å². The summed E-state index contributed by atoms with van der Waals surface area (Å²) >= 11 is 0. The van der Waals surface area contributed by atoms with Crippen molar-refractivity contribution in [3.63, 3.8) is 0 Å². The molecule has 0 saturated heterocycles. The first-order valence-corrected chi connectivity index (χ1v) is 8.69. The van der Waals surface area contributed by atoms with Gasteiger partial charge in [-0.15, -0.1) is 0 Å². The normalized spacial score (nSPS) is 20.6. The van der Waals surface area contributed by atoms with Crippen molar-refractivity contribution in [2.75, 3.05) is 6.61 Å². The van der Waals surface area contributed by atoms with Crippen molar-refractivity contribution in [2.45, 2.75) is 45.4 Å². The minimum Gasteiger partial charge on any atom is -0.550 e. The Morgan fingerprint density at radius 1 is 1.38 bits per heavy atom. The Bertz CT molecular complexity index is 591. The molecule has 0 N–H and O–H groups in total. The number of ketones is 1. The Hall–Kier alpha value is -2.10. The molecule has 2 rings (SSSR count). The second kappa shape index (κ2) is 9.26. The van der Waals surface area contributed by atoms with Crippen LogP contribution in [0.15, 0.2) is 36.4 Å². The fourth-order valence-corrected chi connectivity index (χ4v) is 3.30. The highest BCUT2D eigenvalue weighted by molar-refractivity contribution is 5.83. The van der Waals surface area contributed by atoms with Crippen molar-refractivity contribution in [3.8, 4) is 5.75 Å². The zero-order valence-corrected chi connectivity index (χ0v) is 14.2. The van der Waals surface area contributed by atoms with E-state index in [2.05, 4.69) is 19.1 Å². The fraction of sp³-hybridized carbons (Fsp3) is 0.500. The van der Waals surface area contributed by atoms with Gasteiger partial charge < -0.3 is 14.6 Å². The van der Waals surface area contributed by atoms with E-state index in [1.54, 1.807) is 18.2 Å². The molecule has 0 radical (unpaired) electrons. The molecule has 1 aliphatic carbocycles. The first kappa shape index (κ1) is 18.2. The summed E-state index contributed by atoms with van der Waals surface area (Å²) in [5, 5.41) is 10.7. The van der Waals surface area contributed by atoms with Crippen molar-refractivity contribution < 1.29 is 19.4 Å². The zero-order chi connectivity index (χ0) is 17.4. The number of allylic oxidation sites excluding steroid dienone is 2. The van der Waals surface area contributed by atoms with Crippen molar-refractivity contribution in [1.29, 1.82) is 0 Å². The molecule has 4 heteroatoms. The molecule has 130 valence electrons. The Morgan fingerprint density at radius 2 is 2.21 bits per heavy atom. The monoisotopic (exact) mass is 329 g/mol. The van der Waals surface area contributed by atoms with Crippen LogP contribution in [0.4, 0.5) is 0 Å². The standard InChI is InChI=1S/C20H26O4/c1-2-3-4-8-18-16(9-10-19(18)21)11-12-24-17-7-5-6-15(13-17)14-20(22)23/h3-7,13,16,18H,2,8-12,14H2,1H3,(H,22,23)/p-1/b4-3-/t16-,18-/m1/s1. The summed E-state index contributed by atoms with van der Waals surface area (Å²) < 4.78 is 5.76. The summed E-state index contributed by atoms with van der Waals surface area (Å²) in [6, 6.07) is 7.08. The van der Waals surface area contributed by atoms with E-state index in [4.69, 9.17) is 4.74 Å². The Labute approximate surface area is 143 Å². The zero-order valence-electron chi connectivity index (χ0n) is 14.2. The summed E-state index contributed by atoms with van der Waals surface area (Å²) in [6.07, 6.45) is 8.41. The topological polar surface area (TPSA) is 66.4 Å². The highest BCUT2D eigenvalue weighted by atomic mass is 16.5.